The molecule has 12 nitrogen and oxygen atoms in total. The fourth-order valence-electron chi connectivity index (χ4n) is 1.45. The van der Waals surface area contributed by atoms with Crippen LogP contribution in [0.25, 0.3) is 0 Å². The summed E-state index contributed by atoms with van der Waals surface area (Å²) in [6, 6.07) is 0. The topological polar surface area (TPSA) is 236 Å². The Labute approximate surface area is 162 Å². The number of carbonyl (C=O) groups is 2. The lowest BCUT2D eigenvalue weighted by molar-refractivity contribution is -0.139. The SMILES string of the molecule is O=C(O)CCCCC(=O)O.OCC(O)C(O)C(O)C(O)CO.OCCCCO. The van der Waals surface area contributed by atoms with Gasteiger partial charge in [0.15, 0.2) is 0 Å². The monoisotopic (exact) mass is 418 g/mol. The minimum Gasteiger partial charge on any atom is -0.481 e. The zero-order chi connectivity index (χ0) is 22.5. The van der Waals surface area contributed by atoms with Crippen LogP contribution in [0.2, 0.25) is 0 Å². The van der Waals surface area contributed by atoms with Crippen LogP contribution < -0.4 is 0 Å². The van der Waals surface area contributed by atoms with Gasteiger partial charge >= 0.3 is 11.9 Å². The first-order chi connectivity index (χ1) is 13.1. The highest BCUT2D eigenvalue weighted by Crippen LogP contribution is 2.04. The fraction of sp³-hybridized carbons (Fsp3) is 0.875. The van der Waals surface area contributed by atoms with Gasteiger partial charge in [-0.1, -0.05) is 0 Å². The molecule has 0 fully saturated rings. The highest BCUT2D eigenvalue weighted by atomic mass is 16.4. The van der Waals surface area contributed by atoms with Crippen molar-refractivity contribution in [1.29, 1.82) is 0 Å². The van der Waals surface area contributed by atoms with Gasteiger partial charge in [0.05, 0.1) is 13.2 Å². The van der Waals surface area contributed by atoms with Crippen molar-refractivity contribution in [2.45, 2.75) is 62.9 Å². The van der Waals surface area contributed by atoms with Gasteiger partial charge < -0.3 is 51.1 Å². The molecule has 0 aromatic heterocycles. The number of carboxylic acid groups (broad SMARTS) is 2. The van der Waals surface area contributed by atoms with Gasteiger partial charge in [0.25, 0.3) is 0 Å². The number of hydrogen-bond acceptors (Lipinski definition) is 10. The molecule has 10 N–H and O–H groups in total. The van der Waals surface area contributed by atoms with Gasteiger partial charge in [0, 0.05) is 26.1 Å². The highest BCUT2D eigenvalue weighted by molar-refractivity contribution is 5.67. The summed E-state index contributed by atoms with van der Waals surface area (Å²) in [5.74, 6) is -1.74. The molecular weight excluding hydrogens is 384 g/mol. The molecule has 0 bridgehead atoms. The summed E-state index contributed by atoms with van der Waals surface area (Å²) in [5.41, 5.74) is 0. The quantitative estimate of drug-likeness (QED) is 0.134. The van der Waals surface area contributed by atoms with Crippen molar-refractivity contribution < 1.29 is 60.7 Å². The van der Waals surface area contributed by atoms with E-state index in [1.165, 1.54) is 0 Å². The Morgan fingerprint density at radius 3 is 1.04 bits per heavy atom. The Balaban J connectivity index is -0.000000354. The number of rotatable bonds is 13. The summed E-state index contributed by atoms with van der Waals surface area (Å²) < 4.78 is 0. The molecule has 0 saturated carbocycles. The highest BCUT2D eigenvalue weighted by Gasteiger charge is 2.29. The first kappa shape index (κ1) is 31.3. The molecule has 0 aliphatic heterocycles. The second-order valence-electron chi connectivity index (χ2n) is 5.63. The van der Waals surface area contributed by atoms with Gasteiger partial charge in [-0.05, 0) is 25.7 Å². The van der Waals surface area contributed by atoms with Gasteiger partial charge in [-0.15, -0.1) is 0 Å². The third kappa shape index (κ3) is 22.7. The van der Waals surface area contributed by atoms with E-state index in [1.807, 2.05) is 0 Å². The summed E-state index contributed by atoms with van der Waals surface area (Å²) in [5, 5.41) is 84.6. The maximum atomic E-state index is 9.90. The van der Waals surface area contributed by atoms with E-state index >= 15 is 0 Å². The molecule has 0 aromatic rings. The Kier molecular flexibility index (Phi) is 24.5. The average Bonchev–Trinajstić information content (AvgIpc) is 2.67. The van der Waals surface area contributed by atoms with Crippen LogP contribution in [0.5, 0.6) is 0 Å². The Morgan fingerprint density at radius 2 is 0.857 bits per heavy atom. The molecule has 0 rings (SSSR count). The molecule has 0 saturated heterocycles. The van der Waals surface area contributed by atoms with Crippen molar-refractivity contribution >= 4 is 11.9 Å². The first-order valence-electron chi connectivity index (χ1n) is 8.68. The molecule has 0 aromatic carbocycles. The van der Waals surface area contributed by atoms with E-state index < -0.39 is 49.6 Å². The number of hydrogen-bond donors (Lipinski definition) is 10. The molecule has 0 radical (unpaired) electrons. The summed E-state index contributed by atoms with van der Waals surface area (Å²) in [7, 11) is 0. The molecule has 0 aliphatic carbocycles. The van der Waals surface area contributed by atoms with Crippen LogP contribution in [0.3, 0.4) is 0 Å². The minimum absolute atomic E-state index is 0.0628. The van der Waals surface area contributed by atoms with Crippen LogP contribution in [0.1, 0.15) is 38.5 Å². The van der Waals surface area contributed by atoms with E-state index in [2.05, 4.69) is 0 Å². The molecule has 0 aliphatic rings. The summed E-state index contributed by atoms with van der Waals surface area (Å²) in [4.78, 5) is 19.8. The number of carboxylic acids is 2. The van der Waals surface area contributed by atoms with Gasteiger partial charge in [0.2, 0.25) is 0 Å². The van der Waals surface area contributed by atoms with E-state index in [0.29, 0.717) is 12.8 Å². The zero-order valence-corrected chi connectivity index (χ0v) is 15.7. The average molecular weight is 418 g/mol. The van der Waals surface area contributed by atoms with Crippen LogP contribution in [0, 0.1) is 0 Å². The standard InChI is InChI=1S/C6H14O6.C6H10O4.C4H10O2/c7-1-3(9)5(11)6(12)4(10)2-8;7-5(8)3-1-2-4-6(9)10;5-3-1-2-4-6/h3-12H,1-2H2;1-4H2,(H,7,8)(H,9,10);5-6H,1-4H2. The summed E-state index contributed by atoms with van der Waals surface area (Å²) >= 11 is 0. The predicted octanol–water partition coefficient (Wildman–Crippen LogP) is -3.12. The van der Waals surface area contributed by atoms with Crippen molar-refractivity contribution in [2.75, 3.05) is 26.4 Å². The maximum absolute atomic E-state index is 9.90. The van der Waals surface area contributed by atoms with Crippen LogP contribution in [0.15, 0.2) is 0 Å². The summed E-state index contributed by atoms with van der Waals surface area (Å²) in [6.07, 6.45) is -3.94. The van der Waals surface area contributed by atoms with Gasteiger partial charge in [0.1, 0.15) is 24.4 Å². The first-order valence-corrected chi connectivity index (χ1v) is 8.68. The molecule has 0 heterocycles. The van der Waals surface area contributed by atoms with E-state index in [4.69, 9.17) is 51.1 Å². The van der Waals surface area contributed by atoms with Gasteiger partial charge in [-0.25, -0.2) is 0 Å². The zero-order valence-electron chi connectivity index (χ0n) is 15.7. The van der Waals surface area contributed by atoms with Gasteiger partial charge in [-0.2, -0.15) is 0 Å². The van der Waals surface area contributed by atoms with Crippen molar-refractivity contribution in [3.63, 3.8) is 0 Å². The summed E-state index contributed by atoms with van der Waals surface area (Å²) in [6.45, 7) is -1.06. The second kappa shape index (κ2) is 21.9. The molecule has 170 valence electrons. The van der Waals surface area contributed by atoms with Crippen molar-refractivity contribution in [1.82, 2.24) is 0 Å². The van der Waals surface area contributed by atoms with Crippen molar-refractivity contribution in [3.8, 4) is 0 Å². The molecule has 12 heteroatoms. The smallest absolute Gasteiger partial charge is 0.303 e. The molecule has 28 heavy (non-hydrogen) atoms. The van der Waals surface area contributed by atoms with E-state index in [0.717, 1.165) is 12.8 Å². The minimum atomic E-state index is -1.67. The van der Waals surface area contributed by atoms with Crippen molar-refractivity contribution in [3.05, 3.63) is 0 Å². The number of aliphatic hydroxyl groups excluding tert-OH is 8. The second-order valence-corrected chi connectivity index (χ2v) is 5.63. The van der Waals surface area contributed by atoms with Crippen molar-refractivity contribution in [2.24, 2.45) is 0 Å². The van der Waals surface area contributed by atoms with E-state index in [-0.39, 0.29) is 26.1 Å². The predicted molar refractivity (Wildman–Crippen MR) is 95.3 cm³/mol. The molecule has 0 amide bonds. The van der Waals surface area contributed by atoms with Crippen LogP contribution in [-0.2, 0) is 9.59 Å². The maximum Gasteiger partial charge on any atom is 0.303 e. The molecule has 4 unspecified atom stereocenters. The normalized spacial score (nSPS) is 14.4. The largest absolute Gasteiger partial charge is 0.481 e. The van der Waals surface area contributed by atoms with E-state index in [1.54, 1.807) is 0 Å². The van der Waals surface area contributed by atoms with Gasteiger partial charge in [-0.3, -0.25) is 9.59 Å². The lowest BCUT2D eigenvalue weighted by Crippen LogP contribution is -2.46. The number of unbranched alkanes of at least 4 members (excludes halogenated alkanes) is 2. The fourth-order valence-corrected chi connectivity index (χ4v) is 1.45. The number of aliphatic carboxylic acids is 2. The van der Waals surface area contributed by atoms with Crippen LogP contribution >= 0.6 is 0 Å². The Morgan fingerprint density at radius 1 is 0.571 bits per heavy atom. The van der Waals surface area contributed by atoms with Crippen LogP contribution in [0.4, 0.5) is 0 Å². The Bertz CT molecular complexity index is 332. The molecular formula is C16H34O12. The Hall–Kier alpha value is -1.38. The van der Waals surface area contributed by atoms with Crippen LogP contribution in [-0.4, -0.2) is 114 Å². The third-order valence-corrected chi connectivity index (χ3v) is 3.11. The molecule has 0 spiro atoms. The lowest BCUT2D eigenvalue weighted by atomic mass is 10.0. The van der Waals surface area contributed by atoms with E-state index in [9.17, 15) is 9.59 Å². The molecule has 4 atom stereocenters. The lowest BCUT2D eigenvalue weighted by Gasteiger charge is -2.24. The third-order valence-electron chi connectivity index (χ3n) is 3.11. The number of aliphatic hydroxyl groups is 8.